The number of fused-ring (bicyclic) bond motifs is 1. The smallest absolute Gasteiger partial charge is 0.162 e. The zero-order valence-electron chi connectivity index (χ0n) is 14.4. The molecule has 4 rings (SSSR count). The molecule has 0 bridgehead atoms. The third-order valence-electron chi connectivity index (χ3n) is 4.69. The van der Waals surface area contributed by atoms with Crippen LogP contribution in [0.1, 0.15) is 28.1 Å². The van der Waals surface area contributed by atoms with Crippen molar-refractivity contribution in [3.8, 4) is 11.4 Å². The van der Waals surface area contributed by atoms with E-state index in [0.717, 1.165) is 41.0 Å². The number of rotatable bonds is 3. The molecule has 4 nitrogen and oxygen atoms in total. The van der Waals surface area contributed by atoms with E-state index in [1.165, 1.54) is 12.1 Å². The highest BCUT2D eigenvalue weighted by molar-refractivity contribution is 6.30. The molecule has 3 aromatic rings. The molecule has 0 spiro atoms. The lowest BCUT2D eigenvalue weighted by Gasteiger charge is -2.20. The highest BCUT2D eigenvalue weighted by atomic mass is 35.5. The molecule has 26 heavy (non-hydrogen) atoms. The number of nitrogens with one attached hydrogen (secondary N) is 1. The molecule has 0 atom stereocenters. The number of nitrogens with zero attached hydrogens (tertiary/aromatic N) is 3. The molecular formula is C20H18ClFN4. The molecule has 2 aromatic heterocycles. The van der Waals surface area contributed by atoms with Crippen LogP contribution in [0.2, 0.25) is 5.02 Å². The Morgan fingerprint density at radius 3 is 2.96 bits per heavy atom. The average Bonchev–Trinajstić information content (AvgIpc) is 2.65. The summed E-state index contributed by atoms with van der Waals surface area (Å²) < 4.78 is 14.3. The van der Waals surface area contributed by atoms with Gasteiger partial charge in [-0.3, -0.25) is 4.98 Å². The van der Waals surface area contributed by atoms with E-state index in [-0.39, 0.29) is 5.82 Å². The van der Waals surface area contributed by atoms with Gasteiger partial charge in [0.25, 0.3) is 0 Å². The van der Waals surface area contributed by atoms with E-state index in [9.17, 15) is 4.39 Å². The first-order valence-corrected chi connectivity index (χ1v) is 8.94. The summed E-state index contributed by atoms with van der Waals surface area (Å²) in [5, 5.41) is 3.79. The maximum absolute atomic E-state index is 14.3. The third kappa shape index (κ3) is 3.32. The molecule has 1 aliphatic heterocycles. The first-order valence-electron chi connectivity index (χ1n) is 8.56. The largest absolute Gasteiger partial charge is 0.311 e. The monoisotopic (exact) mass is 368 g/mol. The van der Waals surface area contributed by atoms with Gasteiger partial charge in [0, 0.05) is 30.4 Å². The molecule has 6 heteroatoms. The standard InChI is InChI=1S/C20H18ClFN4/c1-12-10-23-6-4-13(12)8-18-15-5-7-24-11-19(15)26-20(25-18)16-9-14(21)2-3-17(16)22/h2-4,6,9-10,24H,5,7-8,11H2,1H3. The van der Waals surface area contributed by atoms with Crippen molar-refractivity contribution in [3.63, 3.8) is 0 Å². The number of aryl methyl sites for hydroxylation is 1. The summed E-state index contributed by atoms with van der Waals surface area (Å²) in [6, 6.07) is 6.47. The molecule has 0 aliphatic carbocycles. The van der Waals surface area contributed by atoms with Gasteiger partial charge in [-0.2, -0.15) is 0 Å². The molecule has 0 saturated carbocycles. The van der Waals surface area contributed by atoms with Crippen molar-refractivity contribution >= 4 is 11.6 Å². The van der Waals surface area contributed by atoms with Crippen molar-refractivity contribution in [1.29, 1.82) is 0 Å². The van der Waals surface area contributed by atoms with Crippen molar-refractivity contribution in [2.24, 2.45) is 0 Å². The molecule has 0 unspecified atom stereocenters. The topological polar surface area (TPSA) is 50.7 Å². The molecule has 132 valence electrons. The van der Waals surface area contributed by atoms with Crippen molar-refractivity contribution in [2.45, 2.75) is 26.3 Å². The number of aromatic nitrogens is 3. The van der Waals surface area contributed by atoms with Gasteiger partial charge in [0.05, 0.1) is 17.0 Å². The molecule has 0 radical (unpaired) electrons. The molecule has 0 fully saturated rings. The fourth-order valence-electron chi connectivity index (χ4n) is 3.25. The quantitative estimate of drug-likeness (QED) is 0.762. The first kappa shape index (κ1) is 17.1. The van der Waals surface area contributed by atoms with E-state index in [4.69, 9.17) is 16.6 Å². The van der Waals surface area contributed by atoms with Gasteiger partial charge >= 0.3 is 0 Å². The maximum Gasteiger partial charge on any atom is 0.162 e. The van der Waals surface area contributed by atoms with Crippen LogP contribution < -0.4 is 5.32 Å². The second kappa shape index (κ2) is 7.09. The van der Waals surface area contributed by atoms with Gasteiger partial charge in [-0.25, -0.2) is 14.4 Å². The van der Waals surface area contributed by atoms with Crippen LogP contribution in [0.3, 0.4) is 0 Å². The molecular weight excluding hydrogens is 351 g/mol. The van der Waals surface area contributed by atoms with Crippen molar-refractivity contribution in [3.05, 3.63) is 75.6 Å². The Morgan fingerprint density at radius 2 is 2.12 bits per heavy atom. The van der Waals surface area contributed by atoms with Crippen LogP contribution in [0.5, 0.6) is 0 Å². The predicted molar refractivity (Wildman–Crippen MR) is 99.6 cm³/mol. The third-order valence-corrected chi connectivity index (χ3v) is 4.92. The highest BCUT2D eigenvalue weighted by Gasteiger charge is 2.20. The van der Waals surface area contributed by atoms with E-state index in [2.05, 4.69) is 15.3 Å². The highest BCUT2D eigenvalue weighted by Crippen LogP contribution is 2.27. The SMILES string of the molecule is Cc1cnccc1Cc1nc(-c2cc(Cl)ccc2F)nc2c1CCNC2. The number of hydrogen-bond donors (Lipinski definition) is 1. The van der Waals surface area contributed by atoms with Gasteiger partial charge < -0.3 is 5.32 Å². The summed E-state index contributed by atoms with van der Waals surface area (Å²) in [7, 11) is 0. The molecule has 1 aliphatic rings. The average molecular weight is 369 g/mol. The lowest BCUT2D eigenvalue weighted by Crippen LogP contribution is -2.27. The van der Waals surface area contributed by atoms with Crippen LogP contribution in [0.15, 0.2) is 36.7 Å². The summed E-state index contributed by atoms with van der Waals surface area (Å²) in [6.07, 6.45) is 5.18. The number of benzene rings is 1. The van der Waals surface area contributed by atoms with E-state index >= 15 is 0 Å². The number of hydrogen-bond acceptors (Lipinski definition) is 4. The van der Waals surface area contributed by atoms with Crippen LogP contribution in [0, 0.1) is 12.7 Å². The van der Waals surface area contributed by atoms with E-state index in [1.807, 2.05) is 19.2 Å². The minimum atomic E-state index is -0.371. The summed E-state index contributed by atoms with van der Waals surface area (Å²) in [5.74, 6) is 0.0123. The molecule has 1 N–H and O–H groups in total. The lowest BCUT2D eigenvalue weighted by molar-refractivity contribution is 0.613. The Morgan fingerprint density at radius 1 is 1.23 bits per heavy atom. The summed E-state index contributed by atoms with van der Waals surface area (Å²) in [6.45, 7) is 3.59. The van der Waals surface area contributed by atoms with E-state index in [0.29, 0.717) is 29.4 Å². The number of halogens is 2. The van der Waals surface area contributed by atoms with Crippen molar-refractivity contribution < 1.29 is 4.39 Å². The minimum Gasteiger partial charge on any atom is -0.311 e. The second-order valence-electron chi connectivity index (χ2n) is 6.45. The van der Waals surface area contributed by atoms with Gasteiger partial charge in [-0.15, -0.1) is 0 Å². The van der Waals surface area contributed by atoms with Gasteiger partial charge in [-0.1, -0.05) is 11.6 Å². The molecule has 0 saturated heterocycles. The Labute approximate surface area is 156 Å². The molecule has 3 heterocycles. The Kier molecular flexibility index (Phi) is 4.66. The zero-order valence-corrected chi connectivity index (χ0v) is 15.1. The maximum atomic E-state index is 14.3. The van der Waals surface area contributed by atoms with Crippen molar-refractivity contribution in [2.75, 3.05) is 6.54 Å². The van der Waals surface area contributed by atoms with Crippen LogP contribution in [0.4, 0.5) is 4.39 Å². The fraction of sp³-hybridized carbons (Fsp3) is 0.250. The summed E-state index contributed by atoms with van der Waals surface area (Å²) in [4.78, 5) is 13.5. The predicted octanol–water partition coefficient (Wildman–Crippen LogP) is 3.88. The summed E-state index contributed by atoms with van der Waals surface area (Å²) >= 11 is 6.06. The Bertz CT molecular complexity index is 974. The Balaban J connectivity index is 1.85. The first-order chi connectivity index (χ1) is 12.6. The van der Waals surface area contributed by atoms with Crippen LogP contribution in [-0.4, -0.2) is 21.5 Å². The van der Waals surface area contributed by atoms with Gasteiger partial charge in [0.15, 0.2) is 5.82 Å². The zero-order chi connectivity index (χ0) is 18.1. The summed E-state index contributed by atoms with van der Waals surface area (Å²) in [5.41, 5.74) is 5.65. The molecule has 0 amide bonds. The van der Waals surface area contributed by atoms with Crippen LogP contribution >= 0.6 is 11.6 Å². The van der Waals surface area contributed by atoms with Gasteiger partial charge in [0.1, 0.15) is 5.82 Å². The number of pyridine rings is 1. The lowest BCUT2D eigenvalue weighted by atomic mass is 9.97. The minimum absolute atomic E-state index is 0.332. The van der Waals surface area contributed by atoms with Crippen molar-refractivity contribution in [1.82, 2.24) is 20.3 Å². The second-order valence-corrected chi connectivity index (χ2v) is 6.89. The van der Waals surface area contributed by atoms with Gasteiger partial charge in [-0.05, 0) is 60.8 Å². The van der Waals surface area contributed by atoms with E-state index < -0.39 is 0 Å². The Hall–Kier alpha value is -2.37. The molecule has 1 aromatic carbocycles. The van der Waals surface area contributed by atoms with Crippen LogP contribution in [-0.2, 0) is 19.4 Å². The normalized spacial score (nSPS) is 13.5. The fourth-order valence-corrected chi connectivity index (χ4v) is 3.43. The van der Waals surface area contributed by atoms with Gasteiger partial charge in [0.2, 0.25) is 0 Å². The van der Waals surface area contributed by atoms with E-state index in [1.54, 1.807) is 12.3 Å². The van der Waals surface area contributed by atoms with Crippen LogP contribution in [0.25, 0.3) is 11.4 Å².